The fraction of sp³-hybridized carbons (Fsp3) is 0. The molecule has 5 nitrogen and oxygen atoms in total. The highest BCUT2D eigenvalue weighted by atomic mass is 16.4. The zero-order valence-corrected chi connectivity index (χ0v) is 12.6. The molecule has 0 fully saturated rings. The van der Waals surface area contributed by atoms with Crippen LogP contribution in [0.5, 0.6) is 5.75 Å². The van der Waals surface area contributed by atoms with Crippen molar-refractivity contribution in [3.8, 4) is 5.75 Å². The number of aromatic carboxylic acids is 1. The van der Waals surface area contributed by atoms with Gasteiger partial charge in [0, 0.05) is 23.2 Å². The van der Waals surface area contributed by atoms with E-state index in [2.05, 4.69) is 34.2 Å². The number of carbonyl (C=O) groups is 1. The minimum absolute atomic E-state index is 0.0671. The molecular formula is C19H14N2O3. The maximum atomic E-state index is 10.3. The van der Waals surface area contributed by atoms with Crippen molar-refractivity contribution in [2.24, 2.45) is 0 Å². The Kier molecular flexibility index (Phi) is 4.34. The number of pyridine rings is 2. The molecule has 2 heterocycles. The van der Waals surface area contributed by atoms with Gasteiger partial charge in [0.2, 0.25) is 0 Å². The van der Waals surface area contributed by atoms with Crippen LogP contribution in [-0.4, -0.2) is 26.2 Å². The van der Waals surface area contributed by atoms with Crippen LogP contribution in [0.3, 0.4) is 0 Å². The van der Waals surface area contributed by atoms with Crippen LogP contribution < -0.4 is 0 Å². The van der Waals surface area contributed by atoms with Gasteiger partial charge in [-0.05, 0) is 24.3 Å². The molecule has 0 unspecified atom stereocenters. The van der Waals surface area contributed by atoms with E-state index in [0.717, 1.165) is 21.8 Å². The molecule has 0 radical (unpaired) electrons. The lowest BCUT2D eigenvalue weighted by Crippen LogP contribution is -1.95. The molecular weight excluding hydrogens is 304 g/mol. The number of benzene rings is 2. The molecule has 0 atom stereocenters. The molecule has 24 heavy (non-hydrogen) atoms. The topological polar surface area (TPSA) is 83.3 Å². The van der Waals surface area contributed by atoms with Gasteiger partial charge in [0.15, 0.2) is 0 Å². The summed E-state index contributed by atoms with van der Waals surface area (Å²) in [5.41, 5.74) is 1.89. The molecule has 2 N–H and O–H groups in total. The summed E-state index contributed by atoms with van der Waals surface area (Å²) in [5.74, 6) is -1.31. The highest BCUT2D eigenvalue weighted by Crippen LogP contribution is 2.20. The van der Waals surface area contributed by atoms with Gasteiger partial charge >= 0.3 is 5.97 Å². The molecule has 0 spiro atoms. The van der Waals surface area contributed by atoms with E-state index in [0.29, 0.717) is 0 Å². The van der Waals surface area contributed by atoms with E-state index in [1.54, 1.807) is 24.5 Å². The van der Waals surface area contributed by atoms with Crippen LogP contribution in [0.1, 0.15) is 10.4 Å². The van der Waals surface area contributed by atoms with Crippen molar-refractivity contribution in [2.75, 3.05) is 0 Å². The van der Waals surface area contributed by atoms with Crippen molar-refractivity contribution in [3.63, 3.8) is 0 Å². The summed E-state index contributed by atoms with van der Waals surface area (Å²) in [5, 5.41) is 19.6. The highest BCUT2D eigenvalue weighted by molar-refractivity contribution is 6.02. The van der Waals surface area contributed by atoms with Crippen LogP contribution in [-0.2, 0) is 0 Å². The van der Waals surface area contributed by atoms with E-state index in [-0.39, 0.29) is 11.3 Å². The predicted molar refractivity (Wildman–Crippen MR) is 92.1 cm³/mol. The second-order valence-electron chi connectivity index (χ2n) is 5.04. The number of rotatable bonds is 1. The van der Waals surface area contributed by atoms with E-state index in [9.17, 15) is 4.79 Å². The number of nitrogens with zero attached hydrogens (tertiary/aromatic N) is 2. The molecule has 118 valence electrons. The average molecular weight is 318 g/mol. The maximum absolute atomic E-state index is 10.3. The number of para-hydroxylation sites is 1. The summed E-state index contributed by atoms with van der Waals surface area (Å²) in [6, 6.07) is 18.0. The van der Waals surface area contributed by atoms with Gasteiger partial charge in [0.1, 0.15) is 11.3 Å². The van der Waals surface area contributed by atoms with E-state index < -0.39 is 5.97 Å². The Bertz CT molecular complexity index is 960. The van der Waals surface area contributed by atoms with Crippen LogP contribution in [0.2, 0.25) is 0 Å². The fourth-order valence-electron chi connectivity index (χ4n) is 2.33. The zero-order chi connectivity index (χ0) is 16.9. The van der Waals surface area contributed by atoms with Gasteiger partial charge in [0.05, 0.1) is 11.0 Å². The van der Waals surface area contributed by atoms with E-state index in [1.165, 1.54) is 12.1 Å². The normalized spacial score (nSPS) is 10.2. The number of phenols is 1. The summed E-state index contributed by atoms with van der Waals surface area (Å²) >= 11 is 0. The SMILES string of the molecule is O=C(O)c1ccccc1O.c1cnc2c(c1)ccc1cccnc12. The Morgan fingerprint density at radius 1 is 0.750 bits per heavy atom. The van der Waals surface area contributed by atoms with Gasteiger partial charge in [-0.25, -0.2) is 4.79 Å². The summed E-state index contributed by atoms with van der Waals surface area (Å²) in [6.45, 7) is 0. The first-order chi connectivity index (χ1) is 11.7. The van der Waals surface area contributed by atoms with Crippen LogP contribution >= 0.6 is 0 Å². The number of carboxylic acid groups (broad SMARTS) is 1. The van der Waals surface area contributed by atoms with Crippen molar-refractivity contribution in [2.45, 2.75) is 0 Å². The molecule has 5 heteroatoms. The third-order valence-electron chi connectivity index (χ3n) is 3.48. The highest BCUT2D eigenvalue weighted by Gasteiger charge is 2.05. The van der Waals surface area contributed by atoms with Gasteiger partial charge in [-0.15, -0.1) is 0 Å². The Morgan fingerprint density at radius 3 is 1.75 bits per heavy atom. The Morgan fingerprint density at radius 2 is 1.29 bits per heavy atom. The van der Waals surface area contributed by atoms with Gasteiger partial charge in [0.25, 0.3) is 0 Å². The summed E-state index contributed by atoms with van der Waals surface area (Å²) < 4.78 is 0. The number of aromatic hydroxyl groups is 1. The Labute approximate surface area is 137 Å². The van der Waals surface area contributed by atoms with Crippen LogP contribution in [0.25, 0.3) is 21.8 Å². The van der Waals surface area contributed by atoms with E-state index in [1.807, 2.05) is 12.1 Å². The third kappa shape index (κ3) is 3.15. The van der Waals surface area contributed by atoms with Crippen molar-refractivity contribution < 1.29 is 15.0 Å². The molecule has 0 amide bonds. The maximum Gasteiger partial charge on any atom is 0.339 e. The van der Waals surface area contributed by atoms with Crippen LogP contribution in [0, 0.1) is 0 Å². The number of fused-ring (bicyclic) bond motifs is 3. The van der Waals surface area contributed by atoms with Crippen molar-refractivity contribution in [1.82, 2.24) is 9.97 Å². The lowest BCUT2D eigenvalue weighted by Gasteiger charge is -2.00. The van der Waals surface area contributed by atoms with E-state index in [4.69, 9.17) is 10.2 Å². The van der Waals surface area contributed by atoms with Crippen molar-refractivity contribution in [3.05, 3.63) is 78.6 Å². The zero-order valence-electron chi connectivity index (χ0n) is 12.6. The molecule has 0 saturated carbocycles. The number of carboxylic acids is 1. The van der Waals surface area contributed by atoms with Gasteiger partial charge in [-0.3, -0.25) is 9.97 Å². The monoisotopic (exact) mass is 318 g/mol. The first kappa shape index (κ1) is 15.4. The number of hydrogen-bond donors (Lipinski definition) is 2. The molecule has 0 aliphatic heterocycles. The minimum atomic E-state index is -1.11. The number of aromatic nitrogens is 2. The van der Waals surface area contributed by atoms with Crippen LogP contribution in [0.15, 0.2) is 73.1 Å². The second-order valence-corrected chi connectivity index (χ2v) is 5.04. The van der Waals surface area contributed by atoms with Crippen LogP contribution in [0.4, 0.5) is 0 Å². The molecule has 0 aliphatic carbocycles. The first-order valence-electron chi connectivity index (χ1n) is 7.26. The second kappa shape index (κ2) is 6.75. The summed E-state index contributed by atoms with van der Waals surface area (Å²) in [4.78, 5) is 19.0. The summed E-state index contributed by atoms with van der Waals surface area (Å²) in [6.07, 6.45) is 3.60. The molecule has 0 aliphatic rings. The predicted octanol–water partition coefficient (Wildman–Crippen LogP) is 3.87. The van der Waals surface area contributed by atoms with Crippen molar-refractivity contribution >= 4 is 27.8 Å². The lowest BCUT2D eigenvalue weighted by atomic mass is 10.1. The number of hydrogen-bond acceptors (Lipinski definition) is 4. The Hall–Kier alpha value is -3.47. The first-order valence-corrected chi connectivity index (χ1v) is 7.26. The van der Waals surface area contributed by atoms with Gasteiger partial charge < -0.3 is 10.2 Å². The molecule has 2 aromatic carbocycles. The summed E-state index contributed by atoms with van der Waals surface area (Å²) in [7, 11) is 0. The molecule has 2 aromatic heterocycles. The largest absolute Gasteiger partial charge is 0.507 e. The van der Waals surface area contributed by atoms with Gasteiger partial charge in [-0.2, -0.15) is 0 Å². The molecule has 0 saturated heterocycles. The Balaban J connectivity index is 0.000000150. The lowest BCUT2D eigenvalue weighted by molar-refractivity contribution is 0.0693. The fourth-order valence-corrected chi connectivity index (χ4v) is 2.33. The quantitative estimate of drug-likeness (QED) is 0.520. The van der Waals surface area contributed by atoms with Crippen molar-refractivity contribution in [1.29, 1.82) is 0 Å². The molecule has 4 rings (SSSR count). The van der Waals surface area contributed by atoms with Gasteiger partial charge in [-0.1, -0.05) is 36.4 Å². The standard InChI is InChI=1S/C12H8N2.C7H6O3/c1-3-9-5-6-10-4-2-8-14-12(10)11(9)13-7-1;8-6-4-2-1-3-5(6)7(9)10/h1-8H;1-4,8H,(H,9,10). The average Bonchev–Trinajstić information content (AvgIpc) is 2.62. The molecule has 4 aromatic rings. The third-order valence-corrected chi connectivity index (χ3v) is 3.48. The minimum Gasteiger partial charge on any atom is -0.507 e. The smallest absolute Gasteiger partial charge is 0.339 e. The molecule has 0 bridgehead atoms. The van der Waals surface area contributed by atoms with E-state index >= 15 is 0 Å².